The minimum absolute atomic E-state index is 0.0278. The molecule has 3 aromatic heterocycles. The van der Waals surface area contributed by atoms with Gasteiger partial charge in [0.1, 0.15) is 17.4 Å². The van der Waals surface area contributed by atoms with Gasteiger partial charge in [0.2, 0.25) is 11.8 Å². The summed E-state index contributed by atoms with van der Waals surface area (Å²) in [5.41, 5.74) is 0.601. The molecule has 0 spiro atoms. The summed E-state index contributed by atoms with van der Waals surface area (Å²) in [6, 6.07) is 9.47. The first-order valence-corrected chi connectivity index (χ1v) is 16.3. The lowest BCUT2D eigenvalue weighted by atomic mass is 10.0. The lowest BCUT2D eigenvalue weighted by Gasteiger charge is -2.27. The summed E-state index contributed by atoms with van der Waals surface area (Å²) in [4.78, 5) is 67.5. The summed E-state index contributed by atoms with van der Waals surface area (Å²) in [6.07, 6.45) is 6.90. The number of fused-ring (bicyclic) bond motifs is 2. The third-order valence-corrected chi connectivity index (χ3v) is 8.58. The number of imide groups is 2. The van der Waals surface area contributed by atoms with Crippen molar-refractivity contribution in [3.63, 3.8) is 0 Å². The number of nitrogens with one attached hydrogen (secondary N) is 3. The Morgan fingerprint density at radius 2 is 1.71 bits per heavy atom. The number of carbonyl (C=O) groups is 5. The van der Waals surface area contributed by atoms with Crippen LogP contribution in [0.5, 0.6) is 0 Å². The highest BCUT2D eigenvalue weighted by atomic mass is 35.5. The summed E-state index contributed by atoms with van der Waals surface area (Å²) in [5.74, 6) is -2.40. The highest BCUT2D eigenvalue weighted by Gasteiger charge is 2.44. The molecule has 0 bridgehead atoms. The smallest absolute Gasteiger partial charge is 0.364 e. The number of benzene rings is 1. The van der Waals surface area contributed by atoms with E-state index in [-0.39, 0.29) is 46.8 Å². The number of aromatic nitrogens is 3. The van der Waals surface area contributed by atoms with Crippen molar-refractivity contribution in [2.45, 2.75) is 62.8 Å². The molecule has 1 atom stereocenters. The van der Waals surface area contributed by atoms with E-state index in [4.69, 9.17) is 16.0 Å². The van der Waals surface area contributed by atoms with E-state index in [0.717, 1.165) is 54.0 Å². The predicted octanol–water partition coefficient (Wildman–Crippen LogP) is 4.86. The molecule has 1 aromatic carbocycles. The highest BCUT2D eigenvalue weighted by molar-refractivity contribution is 6.24. The van der Waals surface area contributed by atoms with Crippen molar-refractivity contribution >= 4 is 52.5 Å². The fourth-order valence-corrected chi connectivity index (χ4v) is 6.04. The zero-order valence-corrected chi connectivity index (χ0v) is 26.9. The molecule has 49 heavy (non-hydrogen) atoms. The molecule has 2 aliphatic rings. The molecule has 5 amide bonds. The van der Waals surface area contributed by atoms with E-state index in [9.17, 15) is 32.8 Å². The predicted molar refractivity (Wildman–Crippen MR) is 172 cm³/mol. The molecule has 4 aromatic rings. The van der Waals surface area contributed by atoms with Gasteiger partial charge in [0, 0.05) is 31.3 Å². The van der Waals surface area contributed by atoms with Crippen molar-refractivity contribution in [1.82, 2.24) is 30.1 Å². The Kier molecular flexibility index (Phi) is 9.72. The van der Waals surface area contributed by atoms with Crippen molar-refractivity contribution in [2.75, 3.05) is 18.4 Å². The second-order valence-electron chi connectivity index (χ2n) is 11.8. The van der Waals surface area contributed by atoms with Crippen molar-refractivity contribution in [3.05, 3.63) is 71.2 Å². The van der Waals surface area contributed by atoms with E-state index in [1.54, 1.807) is 30.3 Å². The number of hydrogen-bond donors (Lipinski definition) is 3. The third kappa shape index (κ3) is 7.31. The van der Waals surface area contributed by atoms with Crippen LogP contribution < -0.4 is 16.0 Å². The fourth-order valence-electron chi connectivity index (χ4n) is 5.90. The van der Waals surface area contributed by atoms with E-state index in [1.165, 1.54) is 12.3 Å². The Morgan fingerprint density at radius 3 is 2.43 bits per heavy atom. The minimum atomic E-state index is -3.76. The topological polar surface area (TPSA) is 168 Å². The quantitative estimate of drug-likeness (QED) is 0.0948. The maximum Gasteiger partial charge on any atom is 0.364 e. The van der Waals surface area contributed by atoms with E-state index in [1.807, 2.05) is 0 Å². The molecule has 5 heterocycles. The van der Waals surface area contributed by atoms with Crippen LogP contribution in [-0.4, -0.2) is 68.2 Å². The average molecular weight is 696 g/mol. The minimum Gasteiger partial charge on any atom is -0.463 e. The van der Waals surface area contributed by atoms with Gasteiger partial charge in [-0.2, -0.15) is 13.9 Å². The summed E-state index contributed by atoms with van der Waals surface area (Å²) in [6.45, 7) is 1.04. The number of piperidine rings is 1. The summed E-state index contributed by atoms with van der Waals surface area (Å²) < 4.78 is 34.5. The van der Waals surface area contributed by atoms with Crippen LogP contribution in [0.1, 0.15) is 88.3 Å². The number of furan rings is 1. The summed E-state index contributed by atoms with van der Waals surface area (Å²) in [5, 5.41) is 8.48. The van der Waals surface area contributed by atoms with Crippen LogP contribution >= 0.6 is 11.6 Å². The third-order valence-electron chi connectivity index (χ3n) is 8.38. The molecule has 0 aliphatic carbocycles. The van der Waals surface area contributed by atoms with E-state index in [0.29, 0.717) is 18.8 Å². The average Bonchev–Trinajstić information content (AvgIpc) is 3.81. The largest absolute Gasteiger partial charge is 0.463 e. The van der Waals surface area contributed by atoms with Gasteiger partial charge in [0.05, 0.1) is 17.4 Å². The van der Waals surface area contributed by atoms with Crippen LogP contribution in [0, 0.1) is 0 Å². The van der Waals surface area contributed by atoms with Crippen LogP contribution in [0.3, 0.4) is 0 Å². The van der Waals surface area contributed by atoms with Gasteiger partial charge < -0.3 is 15.1 Å². The first-order chi connectivity index (χ1) is 23.5. The van der Waals surface area contributed by atoms with Crippen molar-refractivity contribution < 1.29 is 37.2 Å². The first-order valence-electron chi connectivity index (χ1n) is 15.9. The molecule has 0 saturated carbocycles. The Hall–Kier alpha value is -5.18. The van der Waals surface area contributed by atoms with Gasteiger partial charge in [-0.25, -0.2) is 9.50 Å². The zero-order valence-electron chi connectivity index (χ0n) is 26.1. The highest BCUT2D eigenvalue weighted by Crippen LogP contribution is 2.35. The maximum atomic E-state index is 14.2. The molecule has 3 N–H and O–H groups in total. The van der Waals surface area contributed by atoms with Crippen molar-refractivity contribution in [2.24, 2.45) is 0 Å². The van der Waals surface area contributed by atoms with Gasteiger partial charge >= 0.3 is 5.38 Å². The van der Waals surface area contributed by atoms with Crippen LogP contribution in [0.2, 0.25) is 0 Å². The number of nitrogens with zero attached hydrogens (tertiary/aromatic N) is 4. The molecule has 6 rings (SSSR count). The van der Waals surface area contributed by atoms with Gasteiger partial charge in [-0.15, -0.1) is 0 Å². The Morgan fingerprint density at radius 1 is 0.980 bits per heavy atom. The first kappa shape index (κ1) is 33.7. The number of hydrogen-bond acceptors (Lipinski definition) is 9. The maximum absolute atomic E-state index is 14.2. The van der Waals surface area contributed by atoms with Crippen LogP contribution in [-0.2, 0) is 15.0 Å². The van der Waals surface area contributed by atoms with E-state index < -0.39 is 46.7 Å². The number of amides is 5. The number of rotatable bonds is 14. The van der Waals surface area contributed by atoms with Gasteiger partial charge in [0.25, 0.3) is 17.7 Å². The number of carbonyl (C=O) groups excluding carboxylic acids is 5. The van der Waals surface area contributed by atoms with Gasteiger partial charge in [-0.1, -0.05) is 25.7 Å². The molecule has 1 fully saturated rings. The second-order valence-corrected chi connectivity index (χ2v) is 12.3. The summed E-state index contributed by atoms with van der Waals surface area (Å²) in [7, 11) is 0. The molecule has 2 aliphatic heterocycles. The Balaban J connectivity index is 0.897. The lowest BCUT2D eigenvalue weighted by molar-refractivity contribution is -0.136. The number of unbranched alkanes of at least 4 members (excludes halogenated alkanes) is 5. The van der Waals surface area contributed by atoms with E-state index >= 15 is 0 Å². The Bertz CT molecular complexity index is 1920. The monoisotopic (exact) mass is 695 g/mol. The van der Waals surface area contributed by atoms with Crippen molar-refractivity contribution in [1.29, 1.82) is 0 Å². The zero-order chi connectivity index (χ0) is 34.7. The SMILES string of the molecule is O=C1CCC(N2C(=O)c3ccc(NCCCCCCCCNC(=O)c4cc5nc(-c6ccco6)cc(C(F)(F)Cl)n5n4)cc3C2=O)C(=O)N1. The standard InChI is InChI=1S/C33H32ClF2N7O6/c34-33(35,36)26-17-22(25-8-7-15-49-25)39-27-18-23(41-43(26)27)29(45)38-14-6-4-2-1-3-5-13-37-19-9-10-20-21(16-19)32(48)42(31(20)47)24-11-12-28(44)40-30(24)46/h7-10,15-18,24,37H,1-6,11-14H2,(H,38,45)(H,40,44,46). The molecule has 1 unspecified atom stereocenters. The summed E-state index contributed by atoms with van der Waals surface area (Å²) >= 11 is 5.32. The van der Waals surface area contributed by atoms with Crippen LogP contribution in [0.25, 0.3) is 17.1 Å². The lowest BCUT2D eigenvalue weighted by Crippen LogP contribution is -2.54. The van der Waals surface area contributed by atoms with Crippen LogP contribution in [0.4, 0.5) is 14.5 Å². The Labute approximate surface area is 283 Å². The van der Waals surface area contributed by atoms with Gasteiger partial charge in [-0.05, 0) is 67.3 Å². The molecule has 16 heteroatoms. The molecule has 0 radical (unpaired) electrons. The number of halogens is 3. The van der Waals surface area contributed by atoms with E-state index in [2.05, 4.69) is 26.0 Å². The molecule has 1 saturated heterocycles. The van der Waals surface area contributed by atoms with Gasteiger partial charge in [-0.3, -0.25) is 34.2 Å². The second kappa shape index (κ2) is 14.1. The van der Waals surface area contributed by atoms with Gasteiger partial charge in [0.15, 0.2) is 17.1 Å². The molecule has 13 nitrogen and oxygen atoms in total. The molecular weight excluding hydrogens is 664 g/mol. The van der Waals surface area contributed by atoms with Crippen molar-refractivity contribution in [3.8, 4) is 11.5 Å². The molecular formula is C33H32ClF2N7O6. The van der Waals surface area contributed by atoms with Crippen LogP contribution in [0.15, 0.2) is 53.1 Å². The fraction of sp³-hybridized carbons (Fsp3) is 0.364. The normalized spacial score (nSPS) is 16.3. The number of alkyl halides is 3. The molecule has 256 valence electrons. The number of anilines is 1.